The first kappa shape index (κ1) is 12.4. The van der Waals surface area contributed by atoms with Gasteiger partial charge in [-0.2, -0.15) is 5.10 Å². The Labute approximate surface area is 108 Å². The maximum atomic E-state index is 5.81. The zero-order valence-electron chi connectivity index (χ0n) is 10.9. The Hall–Kier alpha value is -1.10. The summed E-state index contributed by atoms with van der Waals surface area (Å²) in [6.07, 6.45) is 2.65. The summed E-state index contributed by atoms with van der Waals surface area (Å²) in [5, 5.41) is 4.42. The first-order valence-electron chi connectivity index (χ1n) is 5.99. The van der Waals surface area contributed by atoms with E-state index in [9.17, 15) is 0 Å². The van der Waals surface area contributed by atoms with Crippen molar-refractivity contribution in [3.63, 3.8) is 0 Å². The molecule has 0 spiro atoms. The molecule has 0 bridgehead atoms. The third-order valence-corrected chi connectivity index (χ3v) is 3.89. The molecule has 17 heavy (non-hydrogen) atoms. The van der Waals surface area contributed by atoms with Crippen LogP contribution < -0.4 is 10.6 Å². The van der Waals surface area contributed by atoms with Crippen molar-refractivity contribution in [1.29, 1.82) is 0 Å². The Kier molecular flexibility index (Phi) is 3.12. The van der Waals surface area contributed by atoms with Crippen molar-refractivity contribution in [2.45, 2.75) is 32.7 Å². The first-order chi connectivity index (χ1) is 7.93. The van der Waals surface area contributed by atoms with Gasteiger partial charge in [0.05, 0.1) is 11.3 Å². The highest BCUT2D eigenvalue weighted by atomic mass is 32.1. The minimum absolute atomic E-state index is 0.431. The summed E-state index contributed by atoms with van der Waals surface area (Å²) in [7, 11) is 4.04. The van der Waals surface area contributed by atoms with Gasteiger partial charge in [-0.3, -0.25) is 4.68 Å². The van der Waals surface area contributed by atoms with E-state index in [4.69, 9.17) is 18.0 Å². The van der Waals surface area contributed by atoms with Crippen molar-refractivity contribution in [2.24, 2.45) is 18.7 Å². The van der Waals surface area contributed by atoms with Crippen molar-refractivity contribution < 1.29 is 0 Å². The lowest BCUT2D eigenvalue weighted by Gasteiger charge is -2.27. The molecule has 5 heteroatoms. The van der Waals surface area contributed by atoms with Gasteiger partial charge in [-0.1, -0.05) is 12.2 Å². The van der Waals surface area contributed by atoms with E-state index in [2.05, 4.69) is 24.0 Å². The number of nitrogens with zero attached hydrogens (tertiary/aromatic N) is 3. The Balaban J connectivity index is 2.39. The standard InChI is InChI=1S/C12H20N4S/c1-7-10(11(13)17)12(16(4)14-7)15(3)8(2)9-5-6-9/h8-9H,5-6H2,1-4H3,(H2,13,17). The van der Waals surface area contributed by atoms with Crippen LogP contribution in [0.3, 0.4) is 0 Å². The number of hydrogen-bond donors (Lipinski definition) is 1. The van der Waals surface area contributed by atoms with Gasteiger partial charge >= 0.3 is 0 Å². The molecule has 0 saturated heterocycles. The molecule has 1 atom stereocenters. The second-order valence-electron chi connectivity index (χ2n) is 4.96. The number of thiocarbonyl (C=S) groups is 1. The Morgan fingerprint density at radius 3 is 2.65 bits per heavy atom. The van der Waals surface area contributed by atoms with Crippen LogP contribution in [0, 0.1) is 12.8 Å². The van der Waals surface area contributed by atoms with Gasteiger partial charge in [0.2, 0.25) is 0 Å². The number of nitrogens with two attached hydrogens (primary N) is 1. The topological polar surface area (TPSA) is 47.1 Å². The summed E-state index contributed by atoms with van der Waals surface area (Å²) in [6.45, 7) is 4.21. The normalized spacial score (nSPS) is 16.9. The van der Waals surface area contributed by atoms with Crippen molar-refractivity contribution in [1.82, 2.24) is 9.78 Å². The zero-order chi connectivity index (χ0) is 12.7. The van der Waals surface area contributed by atoms with Crippen molar-refractivity contribution in [3.8, 4) is 0 Å². The first-order valence-corrected chi connectivity index (χ1v) is 6.40. The van der Waals surface area contributed by atoms with E-state index >= 15 is 0 Å². The number of aryl methyl sites for hydroxylation is 2. The molecular weight excluding hydrogens is 232 g/mol. The van der Waals surface area contributed by atoms with Crippen LogP contribution in [0.25, 0.3) is 0 Å². The van der Waals surface area contributed by atoms with Gasteiger partial charge < -0.3 is 10.6 Å². The van der Waals surface area contributed by atoms with Gasteiger partial charge in [-0.25, -0.2) is 0 Å². The molecule has 2 N–H and O–H groups in total. The summed E-state index contributed by atoms with van der Waals surface area (Å²) in [5.74, 6) is 1.84. The van der Waals surface area contributed by atoms with Crippen LogP contribution in [0.5, 0.6) is 0 Å². The van der Waals surface area contributed by atoms with Gasteiger partial charge in [0.15, 0.2) is 0 Å². The van der Waals surface area contributed by atoms with Crippen LogP contribution in [0.4, 0.5) is 5.82 Å². The molecule has 1 saturated carbocycles. The Bertz CT molecular complexity index is 448. The Morgan fingerprint density at radius 2 is 2.18 bits per heavy atom. The van der Waals surface area contributed by atoms with Crippen molar-refractivity contribution in [2.75, 3.05) is 11.9 Å². The fourth-order valence-corrected chi connectivity index (χ4v) is 2.67. The SMILES string of the molecule is Cc1nn(C)c(N(C)C(C)C2CC2)c1C(N)=S. The van der Waals surface area contributed by atoms with Crippen LogP contribution >= 0.6 is 12.2 Å². The molecule has 0 aromatic carbocycles. The summed E-state index contributed by atoms with van der Waals surface area (Å²) in [6, 6.07) is 0.512. The molecule has 0 aliphatic heterocycles. The minimum Gasteiger partial charge on any atom is -0.389 e. The molecule has 4 nitrogen and oxygen atoms in total. The lowest BCUT2D eigenvalue weighted by molar-refractivity contribution is 0.587. The quantitative estimate of drug-likeness (QED) is 0.827. The highest BCUT2D eigenvalue weighted by molar-refractivity contribution is 7.80. The van der Waals surface area contributed by atoms with Gasteiger partial charge in [0.1, 0.15) is 10.8 Å². The highest BCUT2D eigenvalue weighted by Crippen LogP contribution is 2.37. The molecule has 94 valence electrons. The molecule has 1 aromatic rings. The molecule has 1 fully saturated rings. The fourth-order valence-electron chi connectivity index (χ4n) is 2.43. The minimum atomic E-state index is 0.431. The van der Waals surface area contributed by atoms with E-state index in [1.165, 1.54) is 12.8 Å². The van der Waals surface area contributed by atoms with Gasteiger partial charge in [-0.15, -0.1) is 0 Å². The van der Waals surface area contributed by atoms with Gasteiger partial charge in [0.25, 0.3) is 0 Å². The molecular formula is C12H20N4S. The summed E-state index contributed by atoms with van der Waals surface area (Å²) >= 11 is 5.14. The summed E-state index contributed by atoms with van der Waals surface area (Å²) in [5.41, 5.74) is 7.63. The van der Waals surface area contributed by atoms with E-state index < -0.39 is 0 Å². The van der Waals surface area contributed by atoms with E-state index in [1.807, 2.05) is 18.7 Å². The van der Waals surface area contributed by atoms with E-state index in [1.54, 1.807) is 0 Å². The maximum Gasteiger partial charge on any atom is 0.137 e. The van der Waals surface area contributed by atoms with Gasteiger partial charge in [-0.05, 0) is 32.6 Å². The number of aromatic nitrogens is 2. The third kappa shape index (κ3) is 2.16. The van der Waals surface area contributed by atoms with Crippen LogP contribution in [-0.4, -0.2) is 27.9 Å². The molecule has 1 aliphatic carbocycles. The highest BCUT2D eigenvalue weighted by Gasteiger charge is 2.33. The van der Waals surface area contributed by atoms with Crippen LogP contribution in [0.1, 0.15) is 31.0 Å². The molecule has 0 amide bonds. The van der Waals surface area contributed by atoms with Gasteiger partial charge in [0, 0.05) is 20.1 Å². The molecule has 1 unspecified atom stereocenters. The zero-order valence-corrected chi connectivity index (χ0v) is 11.7. The molecule has 1 heterocycles. The Morgan fingerprint density at radius 1 is 1.59 bits per heavy atom. The van der Waals surface area contributed by atoms with E-state index in [0.717, 1.165) is 23.0 Å². The van der Waals surface area contributed by atoms with E-state index in [0.29, 0.717) is 11.0 Å². The molecule has 1 aliphatic rings. The predicted molar refractivity (Wildman–Crippen MR) is 74.4 cm³/mol. The lowest BCUT2D eigenvalue weighted by atomic mass is 10.1. The van der Waals surface area contributed by atoms with E-state index in [-0.39, 0.29) is 0 Å². The van der Waals surface area contributed by atoms with Crippen LogP contribution in [0.15, 0.2) is 0 Å². The average Bonchev–Trinajstić information content (AvgIpc) is 3.02. The smallest absolute Gasteiger partial charge is 0.137 e. The second kappa shape index (κ2) is 4.29. The van der Waals surface area contributed by atoms with Crippen molar-refractivity contribution in [3.05, 3.63) is 11.3 Å². The van der Waals surface area contributed by atoms with Crippen molar-refractivity contribution >= 4 is 23.0 Å². The monoisotopic (exact) mass is 252 g/mol. The summed E-state index contributed by atoms with van der Waals surface area (Å²) in [4.78, 5) is 2.69. The lowest BCUT2D eigenvalue weighted by Crippen LogP contribution is -2.33. The van der Waals surface area contributed by atoms with Crippen LogP contribution in [0.2, 0.25) is 0 Å². The maximum absolute atomic E-state index is 5.81. The number of anilines is 1. The summed E-state index contributed by atoms with van der Waals surface area (Å²) < 4.78 is 1.88. The molecule has 0 radical (unpaired) electrons. The number of rotatable bonds is 4. The largest absolute Gasteiger partial charge is 0.389 e. The van der Waals surface area contributed by atoms with Crippen LogP contribution in [-0.2, 0) is 7.05 Å². The third-order valence-electron chi connectivity index (χ3n) is 3.69. The average molecular weight is 252 g/mol. The molecule has 1 aromatic heterocycles. The number of hydrogen-bond acceptors (Lipinski definition) is 3. The second-order valence-corrected chi connectivity index (χ2v) is 5.40. The fraction of sp³-hybridized carbons (Fsp3) is 0.667. The molecule has 2 rings (SSSR count). The predicted octanol–water partition coefficient (Wildman–Crippen LogP) is 1.60.